The van der Waals surface area contributed by atoms with Crippen LogP contribution in [0.15, 0.2) is 54.6 Å². The minimum atomic E-state index is -0.116. The molecule has 0 aliphatic heterocycles. The SMILES string of the molecule is CC(C)C(=O)N(C)c1ccccc1C(=O)c1ccccc1. The highest BCUT2D eigenvalue weighted by atomic mass is 16.2. The molecular weight excluding hydrogens is 262 g/mol. The van der Waals surface area contributed by atoms with Gasteiger partial charge in [0.1, 0.15) is 0 Å². The van der Waals surface area contributed by atoms with Gasteiger partial charge in [0.2, 0.25) is 5.91 Å². The van der Waals surface area contributed by atoms with Gasteiger partial charge in [0, 0.05) is 24.1 Å². The number of hydrogen-bond donors (Lipinski definition) is 0. The highest BCUT2D eigenvalue weighted by Crippen LogP contribution is 2.23. The number of rotatable bonds is 4. The molecule has 2 aromatic rings. The van der Waals surface area contributed by atoms with Crippen LogP contribution >= 0.6 is 0 Å². The van der Waals surface area contributed by atoms with Crippen LogP contribution in [0.25, 0.3) is 0 Å². The normalized spacial score (nSPS) is 10.5. The molecule has 0 aromatic heterocycles. The first-order chi connectivity index (χ1) is 10.0. The minimum Gasteiger partial charge on any atom is -0.315 e. The second kappa shape index (κ2) is 6.35. The summed E-state index contributed by atoms with van der Waals surface area (Å²) in [5.74, 6) is -0.201. The van der Waals surface area contributed by atoms with Gasteiger partial charge in [-0.1, -0.05) is 56.3 Å². The third-order valence-electron chi connectivity index (χ3n) is 3.37. The van der Waals surface area contributed by atoms with Crippen LogP contribution in [0, 0.1) is 5.92 Å². The van der Waals surface area contributed by atoms with Crippen molar-refractivity contribution in [1.29, 1.82) is 0 Å². The Morgan fingerprint density at radius 2 is 1.48 bits per heavy atom. The van der Waals surface area contributed by atoms with E-state index in [0.717, 1.165) is 0 Å². The van der Waals surface area contributed by atoms with Gasteiger partial charge in [0.25, 0.3) is 0 Å². The molecule has 21 heavy (non-hydrogen) atoms. The van der Waals surface area contributed by atoms with E-state index in [2.05, 4.69) is 0 Å². The number of amides is 1. The Balaban J connectivity index is 2.42. The second-order valence-corrected chi connectivity index (χ2v) is 5.26. The summed E-state index contributed by atoms with van der Waals surface area (Å²) < 4.78 is 0. The highest BCUT2D eigenvalue weighted by Gasteiger charge is 2.20. The molecular formula is C18H19NO2. The quantitative estimate of drug-likeness (QED) is 0.804. The third-order valence-corrected chi connectivity index (χ3v) is 3.37. The van der Waals surface area contributed by atoms with E-state index in [9.17, 15) is 9.59 Å². The van der Waals surface area contributed by atoms with Gasteiger partial charge in [0.05, 0.1) is 5.69 Å². The van der Waals surface area contributed by atoms with Crippen LogP contribution in [0.3, 0.4) is 0 Å². The van der Waals surface area contributed by atoms with Gasteiger partial charge in [-0.2, -0.15) is 0 Å². The van der Waals surface area contributed by atoms with Gasteiger partial charge in [-0.05, 0) is 12.1 Å². The maximum atomic E-state index is 12.6. The molecule has 0 fully saturated rings. The Morgan fingerprint density at radius 1 is 0.905 bits per heavy atom. The van der Waals surface area contributed by atoms with Crippen molar-refractivity contribution in [3.05, 3.63) is 65.7 Å². The molecule has 0 saturated carbocycles. The van der Waals surface area contributed by atoms with E-state index in [4.69, 9.17) is 0 Å². The average Bonchev–Trinajstić information content (AvgIpc) is 2.53. The van der Waals surface area contributed by atoms with Gasteiger partial charge < -0.3 is 4.90 Å². The molecule has 0 bridgehead atoms. The molecule has 0 N–H and O–H groups in total. The molecule has 0 spiro atoms. The Labute approximate surface area is 125 Å². The van der Waals surface area contributed by atoms with Crippen LogP contribution in [0.5, 0.6) is 0 Å². The van der Waals surface area contributed by atoms with Crippen LogP contribution in [0.1, 0.15) is 29.8 Å². The first-order valence-corrected chi connectivity index (χ1v) is 6.98. The molecule has 0 saturated heterocycles. The third kappa shape index (κ3) is 3.19. The fraction of sp³-hybridized carbons (Fsp3) is 0.222. The van der Waals surface area contributed by atoms with Crippen molar-refractivity contribution >= 4 is 17.4 Å². The topological polar surface area (TPSA) is 37.4 Å². The smallest absolute Gasteiger partial charge is 0.229 e. The van der Waals surface area contributed by atoms with E-state index >= 15 is 0 Å². The summed E-state index contributed by atoms with van der Waals surface area (Å²) in [5, 5.41) is 0. The number of carbonyl (C=O) groups excluding carboxylic acids is 2. The number of benzene rings is 2. The summed E-state index contributed by atoms with van der Waals surface area (Å²) in [6, 6.07) is 16.3. The fourth-order valence-electron chi connectivity index (χ4n) is 2.21. The van der Waals surface area contributed by atoms with E-state index in [1.807, 2.05) is 44.2 Å². The number of anilines is 1. The lowest BCUT2D eigenvalue weighted by molar-refractivity contribution is -0.121. The summed E-state index contributed by atoms with van der Waals surface area (Å²) in [6.45, 7) is 3.70. The first kappa shape index (κ1) is 15.0. The largest absolute Gasteiger partial charge is 0.315 e. The van der Waals surface area contributed by atoms with Gasteiger partial charge in [-0.15, -0.1) is 0 Å². The van der Waals surface area contributed by atoms with Gasteiger partial charge in [-0.3, -0.25) is 9.59 Å². The summed E-state index contributed by atoms with van der Waals surface area (Å²) in [5.41, 5.74) is 1.81. The molecule has 0 atom stereocenters. The minimum absolute atomic E-state index is 0.0108. The standard InChI is InChI=1S/C18H19NO2/c1-13(2)18(21)19(3)16-12-8-7-11-15(16)17(20)14-9-5-4-6-10-14/h4-13H,1-3H3. The lowest BCUT2D eigenvalue weighted by Gasteiger charge is -2.22. The summed E-state index contributed by atoms with van der Waals surface area (Å²) in [4.78, 5) is 26.4. The molecule has 3 heteroatoms. The van der Waals surface area contributed by atoms with Crippen molar-refractivity contribution in [1.82, 2.24) is 0 Å². The number of ketones is 1. The lowest BCUT2D eigenvalue weighted by atomic mass is 10.0. The van der Waals surface area contributed by atoms with Crippen molar-refractivity contribution in [3.8, 4) is 0 Å². The van der Waals surface area contributed by atoms with Gasteiger partial charge in [0.15, 0.2) is 5.78 Å². The first-order valence-electron chi connectivity index (χ1n) is 6.98. The average molecular weight is 281 g/mol. The molecule has 0 heterocycles. The maximum absolute atomic E-state index is 12.6. The van der Waals surface area contributed by atoms with Crippen LogP contribution < -0.4 is 4.90 Å². The number of hydrogen-bond acceptors (Lipinski definition) is 2. The van der Waals surface area contributed by atoms with Crippen molar-refractivity contribution in [2.45, 2.75) is 13.8 Å². The zero-order valence-electron chi connectivity index (χ0n) is 12.5. The van der Waals surface area contributed by atoms with E-state index in [1.54, 1.807) is 36.2 Å². The Morgan fingerprint density at radius 3 is 2.10 bits per heavy atom. The Hall–Kier alpha value is -2.42. The molecule has 2 aromatic carbocycles. The molecule has 0 unspecified atom stereocenters. The maximum Gasteiger partial charge on any atom is 0.229 e. The predicted molar refractivity (Wildman–Crippen MR) is 84.6 cm³/mol. The zero-order chi connectivity index (χ0) is 15.4. The van der Waals surface area contributed by atoms with E-state index < -0.39 is 0 Å². The van der Waals surface area contributed by atoms with Crippen molar-refractivity contribution in [3.63, 3.8) is 0 Å². The number of nitrogens with zero attached hydrogens (tertiary/aromatic N) is 1. The van der Waals surface area contributed by atoms with Crippen molar-refractivity contribution in [2.75, 3.05) is 11.9 Å². The van der Waals surface area contributed by atoms with E-state index in [1.165, 1.54) is 0 Å². The lowest BCUT2D eigenvalue weighted by Crippen LogP contribution is -2.31. The summed E-state index contributed by atoms with van der Waals surface area (Å²) in [7, 11) is 1.71. The molecule has 1 amide bonds. The zero-order valence-corrected chi connectivity index (χ0v) is 12.5. The Bertz CT molecular complexity index is 647. The molecule has 2 rings (SSSR count). The van der Waals surface area contributed by atoms with Gasteiger partial charge in [-0.25, -0.2) is 0 Å². The molecule has 0 radical (unpaired) electrons. The fourth-order valence-corrected chi connectivity index (χ4v) is 2.21. The molecule has 3 nitrogen and oxygen atoms in total. The van der Waals surface area contributed by atoms with Crippen LogP contribution in [-0.4, -0.2) is 18.7 Å². The van der Waals surface area contributed by atoms with Crippen LogP contribution in [-0.2, 0) is 4.79 Å². The number of carbonyl (C=O) groups is 2. The summed E-state index contributed by atoms with van der Waals surface area (Å²) >= 11 is 0. The predicted octanol–water partition coefficient (Wildman–Crippen LogP) is 3.54. The summed E-state index contributed by atoms with van der Waals surface area (Å²) in [6.07, 6.45) is 0. The van der Waals surface area contributed by atoms with E-state index in [0.29, 0.717) is 16.8 Å². The van der Waals surface area contributed by atoms with E-state index in [-0.39, 0.29) is 17.6 Å². The van der Waals surface area contributed by atoms with Gasteiger partial charge >= 0.3 is 0 Å². The van der Waals surface area contributed by atoms with Crippen molar-refractivity contribution < 1.29 is 9.59 Å². The second-order valence-electron chi connectivity index (χ2n) is 5.26. The molecule has 0 aliphatic carbocycles. The Kier molecular flexibility index (Phi) is 4.53. The highest BCUT2D eigenvalue weighted by molar-refractivity contribution is 6.14. The molecule has 108 valence electrons. The van der Waals surface area contributed by atoms with Crippen molar-refractivity contribution in [2.24, 2.45) is 5.92 Å². The molecule has 0 aliphatic rings. The van der Waals surface area contributed by atoms with Crippen LogP contribution in [0.2, 0.25) is 0 Å². The van der Waals surface area contributed by atoms with Crippen LogP contribution in [0.4, 0.5) is 5.69 Å². The monoisotopic (exact) mass is 281 g/mol. The number of para-hydroxylation sites is 1.